The van der Waals surface area contributed by atoms with Gasteiger partial charge in [0.1, 0.15) is 11.3 Å². The highest BCUT2D eigenvalue weighted by atomic mass is 32.1. The van der Waals surface area contributed by atoms with Crippen LogP contribution in [0.15, 0.2) is 81.6 Å². The quantitative estimate of drug-likeness (QED) is 0.389. The number of para-hydroxylation sites is 2. The maximum Gasteiger partial charge on any atom is 0.273 e. The van der Waals surface area contributed by atoms with E-state index in [1.807, 2.05) is 35.7 Å². The number of anilines is 1. The molecule has 2 aromatic carbocycles. The molecule has 0 bridgehead atoms. The van der Waals surface area contributed by atoms with Gasteiger partial charge in [-0.05, 0) is 35.7 Å². The van der Waals surface area contributed by atoms with Gasteiger partial charge >= 0.3 is 0 Å². The molecule has 0 atom stereocenters. The third-order valence-electron chi connectivity index (χ3n) is 3.97. The fourth-order valence-electron chi connectivity index (χ4n) is 2.66. The fraction of sp³-hybridized carbons (Fsp3) is 0. The summed E-state index contributed by atoms with van der Waals surface area (Å²) < 4.78 is 5.62. The molecule has 0 radical (unpaired) electrons. The molecule has 0 saturated heterocycles. The number of hydrogen-bond donors (Lipinski definition) is 2. The summed E-state index contributed by atoms with van der Waals surface area (Å²) in [5.41, 5.74) is 3.94. The highest BCUT2D eigenvalue weighted by Gasteiger charge is 2.14. The number of hydrogen-bond acceptors (Lipinski definition) is 5. The topological polar surface area (TPSA) is 83.7 Å². The summed E-state index contributed by atoms with van der Waals surface area (Å²) in [6.07, 6.45) is 1.44. The highest BCUT2D eigenvalue weighted by Crippen LogP contribution is 2.19. The Labute approximate surface area is 164 Å². The summed E-state index contributed by atoms with van der Waals surface area (Å²) in [5, 5.41) is 9.49. The Morgan fingerprint density at radius 1 is 0.964 bits per heavy atom. The van der Waals surface area contributed by atoms with E-state index in [1.54, 1.807) is 36.4 Å². The second-order valence-electron chi connectivity index (χ2n) is 5.86. The predicted octanol–water partition coefficient (Wildman–Crippen LogP) is 4.51. The first-order valence-electron chi connectivity index (χ1n) is 8.46. The van der Waals surface area contributed by atoms with Crippen LogP contribution in [0.3, 0.4) is 0 Å². The van der Waals surface area contributed by atoms with Gasteiger partial charge in [0.2, 0.25) is 0 Å². The summed E-state index contributed by atoms with van der Waals surface area (Å²) >= 11 is 1.33. The predicted molar refractivity (Wildman–Crippen MR) is 110 cm³/mol. The molecule has 0 spiro atoms. The van der Waals surface area contributed by atoms with Crippen LogP contribution in [0, 0.1) is 0 Å². The molecule has 28 heavy (non-hydrogen) atoms. The van der Waals surface area contributed by atoms with Gasteiger partial charge in [-0.15, -0.1) is 11.3 Å². The molecule has 0 aliphatic rings. The third-order valence-corrected chi connectivity index (χ3v) is 4.84. The summed E-state index contributed by atoms with van der Waals surface area (Å²) in [6.45, 7) is 0. The van der Waals surface area contributed by atoms with Gasteiger partial charge in [0, 0.05) is 5.39 Å². The Kier molecular flexibility index (Phi) is 4.99. The van der Waals surface area contributed by atoms with Crippen LogP contribution in [0.4, 0.5) is 5.69 Å². The lowest BCUT2D eigenvalue weighted by atomic mass is 10.1. The number of hydrazone groups is 1. The lowest BCUT2D eigenvalue weighted by Crippen LogP contribution is -2.21. The van der Waals surface area contributed by atoms with E-state index in [1.165, 1.54) is 17.6 Å². The second kappa shape index (κ2) is 7.89. The molecule has 7 heteroatoms. The van der Waals surface area contributed by atoms with E-state index >= 15 is 0 Å². The number of nitrogens with one attached hydrogen (secondary N) is 2. The van der Waals surface area contributed by atoms with Crippen LogP contribution < -0.4 is 10.7 Å². The van der Waals surface area contributed by atoms with E-state index in [0.717, 1.165) is 11.0 Å². The number of benzene rings is 2. The number of furan rings is 1. The van der Waals surface area contributed by atoms with Crippen LogP contribution in [0.1, 0.15) is 25.8 Å². The van der Waals surface area contributed by atoms with Crippen LogP contribution in [0.5, 0.6) is 0 Å². The molecular formula is C21H15N3O3S. The molecule has 0 aliphatic heterocycles. The first-order chi connectivity index (χ1) is 13.7. The van der Waals surface area contributed by atoms with Crippen LogP contribution in [0.2, 0.25) is 0 Å². The first-order valence-corrected chi connectivity index (χ1v) is 9.34. The normalized spacial score (nSPS) is 11.0. The smallest absolute Gasteiger partial charge is 0.273 e. The Morgan fingerprint density at radius 3 is 2.61 bits per heavy atom. The van der Waals surface area contributed by atoms with Crippen molar-refractivity contribution in [1.29, 1.82) is 0 Å². The van der Waals surface area contributed by atoms with Gasteiger partial charge in [0.15, 0.2) is 0 Å². The SMILES string of the molecule is O=C(Nc1ccccc1C(=O)NN=Cc1cc2ccccc2o1)c1cccs1. The van der Waals surface area contributed by atoms with Crippen molar-refractivity contribution in [3.63, 3.8) is 0 Å². The molecule has 0 aliphatic carbocycles. The molecular weight excluding hydrogens is 374 g/mol. The number of carbonyl (C=O) groups excluding carboxylic acids is 2. The van der Waals surface area contributed by atoms with E-state index in [4.69, 9.17) is 4.42 Å². The van der Waals surface area contributed by atoms with Crippen molar-refractivity contribution >= 4 is 46.0 Å². The van der Waals surface area contributed by atoms with Crippen LogP contribution >= 0.6 is 11.3 Å². The molecule has 138 valence electrons. The number of fused-ring (bicyclic) bond motifs is 1. The largest absolute Gasteiger partial charge is 0.455 e. The van der Waals surface area contributed by atoms with E-state index in [-0.39, 0.29) is 5.91 Å². The van der Waals surface area contributed by atoms with Gasteiger partial charge < -0.3 is 9.73 Å². The Balaban J connectivity index is 1.46. The molecule has 2 N–H and O–H groups in total. The zero-order valence-corrected chi connectivity index (χ0v) is 15.4. The molecule has 0 fully saturated rings. The molecule has 2 heterocycles. The van der Waals surface area contributed by atoms with Crippen molar-refractivity contribution in [2.45, 2.75) is 0 Å². The zero-order chi connectivity index (χ0) is 19.3. The lowest BCUT2D eigenvalue weighted by molar-refractivity contribution is 0.0956. The monoisotopic (exact) mass is 389 g/mol. The Bertz CT molecular complexity index is 1130. The van der Waals surface area contributed by atoms with Gasteiger partial charge in [0.25, 0.3) is 11.8 Å². The molecule has 4 rings (SSSR count). The average molecular weight is 389 g/mol. The van der Waals surface area contributed by atoms with Gasteiger partial charge in [-0.3, -0.25) is 9.59 Å². The lowest BCUT2D eigenvalue weighted by Gasteiger charge is -2.09. The summed E-state index contributed by atoms with van der Waals surface area (Å²) in [5.74, 6) is -0.170. The molecule has 2 aromatic heterocycles. The minimum atomic E-state index is -0.436. The Hall–Kier alpha value is -3.71. The molecule has 0 unspecified atom stereocenters. The van der Waals surface area contributed by atoms with Crippen molar-refractivity contribution in [2.75, 3.05) is 5.32 Å². The van der Waals surface area contributed by atoms with Crippen LogP contribution in [0.25, 0.3) is 11.0 Å². The van der Waals surface area contributed by atoms with Crippen molar-refractivity contribution in [1.82, 2.24) is 5.43 Å². The minimum Gasteiger partial charge on any atom is -0.455 e. The summed E-state index contributed by atoms with van der Waals surface area (Å²) in [6, 6.07) is 19.7. The number of carbonyl (C=O) groups is 2. The van der Waals surface area contributed by atoms with E-state index < -0.39 is 5.91 Å². The minimum absolute atomic E-state index is 0.263. The van der Waals surface area contributed by atoms with E-state index in [0.29, 0.717) is 21.9 Å². The fourth-order valence-corrected chi connectivity index (χ4v) is 3.28. The van der Waals surface area contributed by atoms with Gasteiger partial charge in [0.05, 0.1) is 22.3 Å². The van der Waals surface area contributed by atoms with E-state index in [2.05, 4.69) is 15.8 Å². The van der Waals surface area contributed by atoms with Crippen molar-refractivity contribution < 1.29 is 14.0 Å². The third kappa shape index (κ3) is 3.84. The number of nitrogens with zero attached hydrogens (tertiary/aromatic N) is 1. The standard InChI is InChI=1S/C21H15N3O3S/c25-20(24-22-13-15-12-14-6-1-4-9-18(14)27-15)16-7-2-3-8-17(16)23-21(26)19-10-5-11-28-19/h1-13H,(H,23,26)(H,24,25). The number of thiophene rings is 1. The highest BCUT2D eigenvalue weighted by molar-refractivity contribution is 7.12. The van der Waals surface area contributed by atoms with Crippen molar-refractivity contribution in [3.8, 4) is 0 Å². The number of amides is 2. The van der Waals surface area contributed by atoms with Crippen LogP contribution in [-0.4, -0.2) is 18.0 Å². The summed E-state index contributed by atoms with van der Waals surface area (Å²) in [4.78, 5) is 25.3. The number of rotatable bonds is 5. The second-order valence-corrected chi connectivity index (χ2v) is 6.81. The average Bonchev–Trinajstić information content (AvgIpc) is 3.38. The van der Waals surface area contributed by atoms with Crippen LogP contribution in [-0.2, 0) is 0 Å². The van der Waals surface area contributed by atoms with Gasteiger partial charge in [-0.1, -0.05) is 36.4 Å². The summed E-state index contributed by atoms with van der Waals surface area (Å²) in [7, 11) is 0. The molecule has 0 saturated carbocycles. The van der Waals surface area contributed by atoms with Crippen molar-refractivity contribution in [2.24, 2.45) is 5.10 Å². The van der Waals surface area contributed by atoms with Gasteiger partial charge in [-0.25, -0.2) is 5.43 Å². The van der Waals surface area contributed by atoms with Crippen molar-refractivity contribution in [3.05, 3.63) is 88.3 Å². The maximum absolute atomic E-state index is 12.5. The zero-order valence-electron chi connectivity index (χ0n) is 14.6. The molecule has 4 aromatic rings. The molecule has 6 nitrogen and oxygen atoms in total. The maximum atomic E-state index is 12.5. The molecule has 2 amide bonds. The Morgan fingerprint density at radius 2 is 1.79 bits per heavy atom. The van der Waals surface area contributed by atoms with E-state index in [9.17, 15) is 9.59 Å². The first kappa shape index (κ1) is 17.7. The van der Waals surface area contributed by atoms with Gasteiger partial charge in [-0.2, -0.15) is 5.10 Å².